The van der Waals surface area contributed by atoms with Crippen LogP contribution in [0.5, 0.6) is 0 Å². The highest BCUT2D eigenvalue weighted by Crippen LogP contribution is 2.26. The summed E-state index contributed by atoms with van der Waals surface area (Å²) in [6.45, 7) is 3.93. The average Bonchev–Trinajstić information content (AvgIpc) is 3.12. The van der Waals surface area contributed by atoms with E-state index in [1.807, 2.05) is 12.3 Å². The van der Waals surface area contributed by atoms with Gasteiger partial charge in [-0.25, -0.2) is 13.1 Å². The number of ether oxygens (including phenoxy) is 1. The fraction of sp³-hybridized carbons (Fsp3) is 0.714. The Labute approximate surface area is 130 Å². The highest BCUT2D eigenvalue weighted by Gasteiger charge is 2.33. The van der Waals surface area contributed by atoms with Gasteiger partial charge in [0.2, 0.25) is 0 Å². The van der Waals surface area contributed by atoms with Crippen LogP contribution < -0.4 is 10.0 Å². The van der Waals surface area contributed by atoms with Crippen molar-refractivity contribution < 1.29 is 13.2 Å². The molecule has 0 bridgehead atoms. The molecule has 2 fully saturated rings. The van der Waals surface area contributed by atoms with Crippen LogP contribution in [-0.4, -0.2) is 33.2 Å². The Morgan fingerprint density at radius 2 is 2.10 bits per heavy atom. The zero-order valence-corrected chi connectivity index (χ0v) is 13.9. The van der Waals surface area contributed by atoms with Crippen molar-refractivity contribution in [2.45, 2.75) is 54.9 Å². The standard InChI is InChI=1S/C14H22N2O3S2/c1-14(4-6-19-7-5-14)16-21(17,18)13-8-11(10-20-13)9-15-12-2-3-12/h8,10,12,15-16H,2-7,9H2,1H3. The van der Waals surface area contributed by atoms with Crippen LogP contribution in [0.25, 0.3) is 0 Å². The van der Waals surface area contributed by atoms with Gasteiger partial charge in [0.15, 0.2) is 0 Å². The number of nitrogens with one attached hydrogen (secondary N) is 2. The summed E-state index contributed by atoms with van der Waals surface area (Å²) < 4.78 is 33.6. The summed E-state index contributed by atoms with van der Waals surface area (Å²) in [6, 6.07) is 2.41. The van der Waals surface area contributed by atoms with E-state index < -0.39 is 15.6 Å². The van der Waals surface area contributed by atoms with Crippen molar-refractivity contribution in [2.24, 2.45) is 0 Å². The van der Waals surface area contributed by atoms with Gasteiger partial charge in [-0.3, -0.25) is 0 Å². The molecule has 2 aliphatic rings. The molecule has 3 rings (SSSR count). The van der Waals surface area contributed by atoms with Gasteiger partial charge in [0, 0.05) is 31.3 Å². The molecule has 1 aromatic heterocycles. The van der Waals surface area contributed by atoms with Crippen molar-refractivity contribution in [1.29, 1.82) is 0 Å². The SMILES string of the molecule is CC1(NS(=O)(=O)c2cc(CNC3CC3)cs2)CCOCC1. The van der Waals surface area contributed by atoms with Crippen molar-refractivity contribution in [3.63, 3.8) is 0 Å². The van der Waals surface area contributed by atoms with Gasteiger partial charge >= 0.3 is 0 Å². The smallest absolute Gasteiger partial charge is 0.250 e. The molecule has 0 aromatic carbocycles. The van der Waals surface area contributed by atoms with Gasteiger partial charge in [-0.1, -0.05) is 0 Å². The predicted molar refractivity (Wildman–Crippen MR) is 83.0 cm³/mol. The molecule has 0 radical (unpaired) electrons. The van der Waals surface area contributed by atoms with E-state index in [9.17, 15) is 8.42 Å². The van der Waals surface area contributed by atoms with E-state index in [4.69, 9.17) is 4.74 Å². The van der Waals surface area contributed by atoms with Crippen molar-refractivity contribution in [3.05, 3.63) is 17.0 Å². The maximum Gasteiger partial charge on any atom is 0.250 e. The van der Waals surface area contributed by atoms with Crippen LogP contribution in [0, 0.1) is 0 Å². The minimum atomic E-state index is -3.44. The van der Waals surface area contributed by atoms with E-state index in [1.54, 1.807) is 6.07 Å². The topological polar surface area (TPSA) is 67.4 Å². The number of hydrogen-bond donors (Lipinski definition) is 2. The van der Waals surface area contributed by atoms with Crippen LogP contribution in [-0.2, 0) is 21.3 Å². The molecule has 118 valence electrons. The Morgan fingerprint density at radius 1 is 1.38 bits per heavy atom. The first-order valence-corrected chi connectivity index (χ1v) is 9.76. The van der Waals surface area contributed by atoms with Crippen molar-refractivity contribution in [1.82, 2.24) is 10.0 Å². The highest BCUT2D eigenvalue weighted by atomic mass is 32.2. The molecule has 0 atom stereocenters. The monoisotopic (exact) mass is 330 g/mol. The normalized spacial score (nSPS) is 22.3. The fourth-order valence-corrected chi connectivity index (χ4v) is 5.11. The molecule has 2 N–H and O–H groups in total. The molecular weight excluding hydrogens is 308 g/mol. The largest absolute Gasteiger partial charge is 0.381 e. The van der Waals surface area contributed by atoms with Gasteiger partial charge in [-0.2, -0.15) is 0 Å². The number of hydrogen-bond acceptors (Lipinski definition) is 5. The van der Waals surface area contributed by atoms with E-state index in [-0.39, 0.29) is 0 Å². The number of thiophene rings is 1. The van der Waals surface area contributed by atoms with E-state index in [0.29, 0.717) is 36.3 Å². The second-order valence-corrected chi connectivity index (χ2v) is 9.03. The molecule has 1 saturated heterocycles. The Hall–Kier alpha value is -0.470. The van der Waals surface area contributed by atoms with Gasteiger partial charge in [-0.15, -0.1) is 11.3 Å². The summed E-state index contributed by atoms with van der Waals surface area (Å²) in [4.78, 5) is 0. The Morgan fingerprint density at radius 3 is 2.76 bits per heavy atom. The van der Waals surface area contributed by atoms with Crippen molar-refractivity contribution >= 4 is 21.4 Å². The van der Waals surface area contributed by atoms with Crippen LogP contribution in [0.15, 0.2) is 15.7 Å². The van der Waals surface area contributed by atoms with Gasteiger partial charge < -0.3 is 10.1 Å². The lowest BCUT2D eigenvalue weighted by molar-refractivity contribution is 0.0538. The van der Waals surface area contributed by atoms with Crippen LogP contribution in [0.4, 0.5) is 0 Å². The van der Waals surface area contributed by atoms with E-state index in [1.165, 1.54) is 24.2 Å². The lowest BCUT2D eigenvalue weighted by atomic mass is 9.94. The number of rotatable bonds is 6. The molecular formula is C14H22N2O3S2. The van der Waals surface area contributed by atoms with Gasteiger partial charge in [0.05, 0.1) is 0 Å². The summed E-state index contributed by atoms with van der Waals surface area (Å²) >= 11 is 1.29. The summed E-state index contributed by atoms with van der Waals surface area (Å²) in [7, 11) is -3.44. The predicted octanol–water partition coefficient (Wildman–Crippen LogP) is 1.85. The minimum absolute atomic E-state index is 0.395. The van der Waals surface area contributed by atoms with Crippen LogP contribution in [0.2, 0.25) is 0 Å². The zero-order chi connectivity index (χ0) is 14.9. The Balaban J connectivity index is 1.65. The molecule has 1 aliphatic heterocycles. The second kappa shape index (κ2) is 5.96. The molecule has 7 heteroatoms. The molecule has 21 heavy (non-hydrogen) atoms. The van der Waals surface area contributed by atoms with Crippen LogP contribution in [0.1, 0.15) is 38.2 Å². The summed E-state index contributed by atoms with van der Waals surface area (Å²) in [5, 5.41) is 5.33. The quantitative estimate of drug-likeness (QED) is 0.835. The second-order valence-electron chi connectivity index (χ2n) is 6.21. The maximum atomic E-state index is 12.5. The first kappa shape index (κ1) is 15.4. The molecule has 1 saturated carbocycles. The molecule has 2 heterocycles. The van der Waals surface area contributed by atoms with E-state index >= 15 is 0 Å². The van der Waals surface area contributed by atoms with Crippen molar-refractivity contribution in [3.8, 4) is 0 Å². The summed E-state index contributed by atoms with van der Waals surface area (Å²) in [6.07, 6.45) is 3.90. The fourth-order valence-electron chi connectivity index (χ4n) is 2.44. The zero-order valence-electron chi connectivity index (χ0n) is 12.2. The lowest BCUT2D eigenvalue weighted by Crippen LogP contribution is -2.49. The van der Waals surface area contributed by atoms with E-state index in [2.05, 4.69) is 10.0 Å². The molecule has 0 unspecified atom stereocenters. The van der Waals surface area contributed by atoms with Gasteiger partial charge in [-0.05, 0) is 49.6 Å². The van der Waals surface area contributed by atoms with Crippen molar-refractivity contribution in [2.75, 3.05) is 13.2 Å². The Kier molecular flexibility index (Phi) is 4.38. The summed E-state index contributed by atoms with van der Waals surface area (Å²) in [5.74, 6) is 0. The maximum absolute atomic E-state index is 12.5. The molecule has 1 aromatic rings. The van der Waals surface area contributed by atoms with Crippen LogP contribution in [0.3, 0.4) is 0 Å². The highest BCUT2D eigenvalue weighted by molar-refractivity contribution is 7.91. The summed E-state index contributed by atoms with van der Waals surface area (Å²) in [5.41, 5.74) is 0.650. The molecule has 0 amide bonds. The van der Waals surface area contributed by atoms with E-state index in [0.717, 1.165) is 12.1 Å². The third-order valence-corrected chi connectivity index (χ3v) is 7.17. The molecule has 1 aliphatic carbocycles. The first-order valence-electron chi connectivity index (χ1n) is 7.39. The minimum Gasteiger partial charge on any atom is -0.381 e. The third kappa shape index (κ3) is 4.04. The average molecular weight is 330 g/mol. The third-order valence-electron chi connectivity index (χ3n) is 4.04. The molecule has 0 spiro atoms. The van der Waals surface area contributed by atoms with Crippen LogP contribution >= 0.6 is 11.3 Å². The number of sulfonamides is 1. The first-order chi connectivity index (χ1) is 9.97. The molecule has 5 nitrogen and oxygen atoms in total. The van der Waals surface area contributed by atoms with Gasteiger partial charge in [0.25, 0.3) is 10.0 Å². The lowest BCUT2D eigenvalue weighted by Gasteiger charge is -2.33. The van der Waals surface area contributed by atoms with Gasteiger partial charge in [0.1, 0.15) is 4.21 Å². The Bertz CT molecular complexity index is 587.